The van der Waals surface area contributed by atoms with Gasteiger partial charge in [-0.2, -0.15) is 0 Å². The second kappa shape index (κ2) is 7.88. The molecule has 0 aliphatic heterocycles. The summed E-state index contributed by atoms with van der Waals surface area (Å²) in [6.07, 6.45) is 0. The average molecular weight is 434 g/mol. The Morgan fingerprint density at radius 2 is 1.69 bits per heavy atom. The Bertz CT molecular complexity index is 1180. The largest absolute Gasteiger partial charge is 0.336 e. The molecule has 0 fully saturated rings. The molecule has 1 amide bonds. The second-order valence-electron chi connectivity index (χ2n) is 6.74. The summed E-state index contributed by atoms with van der Waals surface area (Å²) < 4.78 is 32.9. The van der Waals surface area contributed by atoms with E-state index in [0.717, 1.165) is 16.7 Å². The number of rotatable bonds is 5. The van der Waals surface area contributed by atoms with Gasteiger partial charge in [-0.25, -0.2) is 13.1 Å². The van der Waals surface area contributed by atoms with Gasteiger partial charge < -0.3 is 9.84 Å². The standard InChI is InChI=1S/C20H20ClN3O4S/c1-11-9-12(2)18(13(3)10-11)22-19(25)15-7-5-6-8-16(15)29(26,27)24-20-17(21)14(4)23-28-20/h5-10,24H,1-4H3,(H,22,25). The van der Waals surface area contributed by atoms with Crippen LogP contribution in [0.25, 0.3) is 0 Å². The van der Waals surface area contributed by atoms with Crippen LogP contribution >= 0.6 is 11.6 Å². The summed E-state index contributed by atoms with van der Waals surface area (Å²) in [5.41, 5.74) is 3.84. The van der Waals surface area contributed by atoms with Crippen LogP contribution in [0.2, 0.25) is 5.02 Å². The Labute approximate surface area is 174 Å². The van der Waals surface area contributed by atoms with Crippen molar-refractivity contribution in [1.82, 2.24) is 5.16 Å². The van der Waals surface area contributed by atoms with Crippen LogP contribution in [0.15, 0.2) is 45.8 Å². The lowest BCUT2D eigenvalue weighted by atomic mass is 10.0. The number of carbonyl (C=O) groups is 1. The molecule has 1 aromatic heterocycles. The van der Waals surface area contributed by atoms with Gasteiger partial charge in [-0.1, -0.05) is 46.6 Å². The predicted molar refractivity (Wildman–Crippen MR) is 112 cm³/mol. The van der Waals surface area contributed by atoms with Gasteiger partial charge in [-0.05, 0) is 51.0 Å². The van der Waals surface area contributed by atoms with Crippen LogP contribution in [0.5, 0.6) is 0 Å². The molecule has 152 valence electrons. The van der Waals surface area contributed by atoms with Crippen molar-refractivity contribution < 1.29 is 17.7 Å². The van der Waals surface area contributed by atoms with Crippen LogP contribution < -0.4 is 10.0 Å². The molecule has 0 aliphatic rings. The average Bonchev–Trinajstić information content (AvgIpc) is 2.96. The number of aryl methyl sites for hydroxylation is 4. The van der Waals surface area contributed by atoms with Crippen molar-refractivity contribution in [2.75, 3.05) is 10.0 Å². The molecule has 9 heteroatoms. The van der Waals surface area contributed by atoms with Crippen LogP contribution in [0.3, 0.4) is 0 Å². The Morgan fingerprint density at radius 3 is 2.28 bits per heavy atom. The monoisotopic (exact) mass is 433 g/mol. The summed E-state index contributed by atoms with van der Waals surface area (Å²) in [6, 6.07) is 9.79. The smallest absolute Gasteiger partial charge is 0.265 e. The fourth-order valence-electron chi connectivity index (χ4n) is 3.05. The molecule has 2 N–H and O–H groups in total. The van der Waals surface area contributed by atoms with E-state index in [1.165, 1.54) is 18.2 Å². The molecule has 2 aromatic carbocycles. The maximum atomic E-state index is 12.9. The molecule has 3 aromatic rings. The van der Waals surface area contributed by atoms with E-state index in [-0.39, 0.29) is 21.4 Å². The summed E-state index contributed by atoms with van der Waals surface area (Å²) in [5, 5.41) is 6.50. The molecule has 1 heterocycles. The number of halogens is 1. The first kappa shape index (κ1) is 20.9. The van der Waals surface area contributed by atoms with Gasteiger partial charge in [0, 0.05) is 5.69 Å². The van der Waals surface area contributed by atoms with Gasteiger partial charge in [-0.15, -0.1) is 0 Å². The van der Waals surface area contributed by atoms with Crippen molar-refractivity contribution >= 4 is 39.1 Å². The van der Waals surface area contributed by atoms with Crippen LogP contribution in [0.1, 0.15) is 32.7 Å². The van der Waals surface area contributed by atoms with Crippen molar-refractivity contribution in [3.8, 4) is 0 Å². The lowest BCUT2D eigenvalue weighted by molar-refractivity contribution is 0.102. The van der Waals surface area contributed by atoms with E-state index >= 15 is 0 Å². The molecule has 29 heavy (non-hydrogen) atoms. The van der Waals surface area contributed by atoms with Crippen molar-refractivity contribution in [3.63, 3.8) is 0 Å². The van der Waals surface area contributed by atoms with Crippen molar-refractivity contribution in [1.29, 1.82) is 0 Å². The van der Waals surface area contributed by atoms with Gasteiger partial charge in [0.15, 0.2) is 0 Å². The minimum absolute atomic E-state index is 0.00765. The van der Waals surface area contributed by atoms with Gasteiger partial charge in [0.05, 0.1) is 5.56 Å². The number of hydrogen-bond acceptors (Lipinski definition) is 5. The molecule has 0 atom stereocenters. The SMILES string of the molecule is Cc1cc(C)c(NC(=O)c2ccccc2S(=O)(=O)Nc2onc(C)c2Cl)c(C)c1. The first-order valence-corrected chi connectivity index (χ1v) is 10.6. The molecule has 7 nitrogen and oxygen atoms in total. The Kier molecular flexibility index (Phi) is 5.68. The highest BCUT2D eigenvalue weighted by Crippen LogP contribution is 2.29. The zero-order chi connectivity index (χ0) is 21.3. The fourth-order valence-corrected chi connectivity index (χ4v) is 4.42. The molecular formula is C20H20ClN3O4S. The number of hydrogen-bond donors (Lipinski definition) is 2. The maximum absolute atomic E-state index is 12.9. The number of sulfonamides is 1. The summed E-state index contributed by atoms with van der Waals surface area (Å²) >= 11 is 6.00. The van der Waals surface area contributed by atoms with E-state index in [1.54, 1.807) is 13.0 Å². The summed E-state index contributed by atoms with van der Waals surface area (Å²) in [4.78, 5) is 12.7. The van der Waals surface area contributed by atoms with Gasteiger partial charge in [0.2, 0.25) is 0 Å². The van der Waals surface area contributed by atoms with E-state index in [0.29, 0.717) is 11.4 Å². The Balaban J connectivity index is 1.96. The first-order chi connectivity index (χ1) is 13.6. The number of carbonyl (C=O) groups excluding carboxylic acids is 1. The highest BCUT2D eigenvalue weighted by atomic mass is 35.5. The maximum Gasteiger partial charge on any atom is 0.265 e. The van der Waals surface area contributed by atoms with E-state index in [9.17, 15) is 13.2 Å². The van der Waals surface area contributed by atoms with Gasteiger partial charge in [0.1, 0.15) is 15.6 Å². The fraction of sp³-hybridized carbons (Fsp3) is 0.200. The third kappa shape index (κ3) is 4.28. The minimum Gasteiger partial charge on any atom is -0.336 e. The Morgan fingerprint density at radius 1 is 1.07 bits per heavy atom. The zero-order valence-corrected chi connectivity index (χ0v) is 17.9. The van der Waals surface area contributed by atoms with Gasteiger partial charge in [0.25, 0.3) is 21.8 Å². The number of anilines is 2. The van der Waals surface area contributed by atoms with Crippen molar-refractivity contribution in [2.45, 2.75) is 32.6 Å². The summed E-state index contributed by atoms with van der Waals surface area (Å²) in [7, 11) is -4.15. The molecule has 0 aliphatic carbocycles. The molecule has 0 radical (unpaired) electrons. The third-order valence-electron chi connectivity index (χ3n) is 4.35. The summed E-state index contributed by atoms with van der Waals surface area (Å²) in [5.74, 6) is -0.745. The lowest BCUT2D eigenvalue weighted by Gasteiger charge is -2.15. The predicted octanol–water partition coefficient (Wildman–Crippen LogP) is 4.61. The van der Waals surface area contributed by atoms with Crippen molar-refractivity contribution in [2.24, 2.45) is 0 Å². The van der Waals surface area contributed by atoms with Crippen LogP contribution in [-0.2, 0) is 10.0 Å². The van der Waals surface area contributed by atoms with Crippen LogP contribution in [-0.4, -0.2) is 19.5 Å². The number of benzene rings is 2. The lowest BCUT2D eigenvalue weighted by Crippen LogP contribution is -2.21. The van der Waals surface area contributed by atoms with Crippen molar-refractivity contribution in [3.05, 3.63) is 69.4 Å². The number of amides is 1. The molecule has 0 saturated heterocycles. The quantitative estimate of drug-likeness (QED) is 0.611. The third-order valence-corrected chi connectivity index (χ3v) is 6.19. The highest BCUT2D eigenvalue weighted by Gasteiger charge is 2.25. The molecule has 0 spiro atoms. The number of aromatic nitrogens is 1. The molecule has 3 rings (SSSR count). The second-order valence-corrected chi connectivity index (χ2v) is 8.77. The Hall–Kier alpha value is -2.84. The zero-order valence-electron chi connectivity index (χ0n) is 16.3. The van der Waals surface area contributed by atoms with E-state index < -0.39 is 15.9 Å². The number of nitrogens with zero attached hydrogens (tertiary/aromatic N) is 1. The normalized spacial score (nSPS) is 11.3. The van der Waals surface area contributed by atoms with Gasteiger partial charge in [-0.3, -0.25) is 4.79 Å². The van der Waals surface area contributed by atoms with Crippen LogP contribution in [0, 0.1) is 27.7 Å². The minimum atomic E-state index is -4.15. The molecular weight excluding hydrogens is 414 g/mol. The van der Waals surface area contributed by atoms with E-state index in [4.69, 9.17) is 16.1 Å². The van der Waals surface area contributed by atoms with E-state index in [1.807, 2.05) is 32.9 Å². The van der Waals surface area contributed by atoms with Crippen LogP contribution in [0.4, 0.5) is 11.6 Å². The van der Waals surface area contributed by atoms with E-state index in [2.05, 4.69) is 15.2 Å². The first-order valence-electron chi connectivity index (χ1n) is 8.73. The molecule has 0 saturated carbocycles. The van der Waals surface area contributed by atoms with Gasteiger partial charge >= 0.3 is 0 Å². The molecule has 0 bridgehead atoms. The summed E-state index contributed by atoms with van der Waals surface area (Å²) in [6.45, 7) is 7.31. The highest BCUT2D eigenvalue weighted by molar-refractivity contribution is 7.92. The number of nitrogens with one attached hydrogen (secondary N) is 2. The molecule has 0 unspecified atom stereocenters. The topological polar surface area (TPSA) is 101 Å².